The third kappa shape index (κ3) is 6.06. The predicted octanol–water partition coefficient (Wildman–Crippen LogP) is 4.93. The first-order chi connectivity index (χ1) is 15.8. The molecule has 0 aliphatic carbocycles. The molecule has 1 aliphatic rings. The van der Waals surface area contributed by atoms with Crippen LogP contribution in [-0.4, -0.2) is 30.9 Å². The zero-order valence-corrected chi connectivity index (χ0v) is 17.7. The van der Waals surface area contributed by atoms with Crippen molar-refractivity contribution in [2.24, 2.45) is 0 Å². The maximum Gasteiger partial charge on any atom is 0.338 e. The van der Waals surface area contributed by atoms with Crippen molar-refractivity contribution in [3.8, 4) is 0 Å². The Morgan fingerprint density at radius 1 is 0.781 bits per heavy atom. The zero-order valence-electron chi connectivity index (χ0n) is 17.7. The molecule has 0 amide bonds. The number of ether oxygens (including phenoxy) is 4. The molecule has 0 radical (unpaired) electrons. The molecule has 0 fully saturated rings. The molecule has 0 aromatic heterocycles. The zero-order chi connectivity index (χ0) is 22.0. The molecule has 3 aromatic rings. The van der Waals surface area contributed by atoms with Crippen molar-refractivity contribution in [1.29, 1.82) is 0 Å². The Kier molecular flexibility index (Phi) is 7.69. The van der Waals surface area contributed by atoms with E-state index in [0.29, 0.717) is 25.4 Å². The van der Waals surface area contributed by atoms with Gasteiger partial charge in [-0.2, -0.15) is 0 Å². The first-order valence-corrected chi connectivity index (χ1v) is 10.6. The van der Waals surface area contributed by atoms with Crippen LogP contribution in [0, 0.1) is 0 Å². The van der Waals surface area contributed by atoms with Gasteiger partial charge in [-0.1, -0.05) is 78.9 Å². The molecule has 0 saturated heterocycles. The largest absolute Gasteiger partial charge is 0.493 e. The summed E-state index contributed by atoms with van der Waals surface area (Å²) in [6, 6.07) is 28.7. The van der Waals surface area contributed by atoms with E-state index in [-0.39, 0.29) is 0 Å². The normalized spacial score (nSPS) is 19.8. The van der Waals surface area contributed by atoms with Gasteiger partial charge in [0.1, 0.15) is 6.10 Å². The van der Waals surface area contributed by atoms with Gasteiger partial charge in [-0.25, -0.2) is 4.79 Å². The van der Waals surface area contributed by atoms with Crippen LogP contribution >= 0.6 is 0 Å². The van der Waals surface area contributed by atoms with E-state index < -0.39 is 24.3 Å². The number of hydrogen-bond donors (Lipinski definition) is 0. The summed E-state index contributed by atoms with van der Waals surface area (Å²) in [6.07, 6.45) is 1.75. The Morgan fingerprint density at radius 2 is 1.38 bits per heavy atom. The van der Waals surface area contributed by atoms with Crippen molar-refractivity contribution < 1.29 is 23.7 Å². The van der Waals surface area contributed by atoms with Crippen molar-refractivity contribution in [2.75, 3.05) is 6.61 Å². The van der Waals surface area contributed by atoms with Gasteiger partial charge in [0.2, 0.25) is 0 Å². The Morgan fingerprint density at radius 3 is 2.03 bits per heavy atom. The van der Waals surface area contributed by atoms with Crippen LogP contribution in [0.25, 0.3) is 0 Å². The minimum absolute atomic E-state index is 0.304. The van der Waals surface area contributed by atoms with Crippen LogP contribution in [0.1, 0.15) is 21.5 Å². The summed E-state index contributed by atoms with van der Waals surface area (Å²) < 4.78 is 23.7. The molecule has 0 unspecified atom stereocenters. The fourth-order valence-corrected chi connectivity index (χ4v) is 3.46. The molecule has 164 valence electrons. The van der Waals surface area contributed by atoms with E-state index in [1.807, 2.05) is 66.7 Å². The quantitative estimate of drug-likeness (QED) is 0.451. The van der Waals surface area contributed by atoms with Gasteiger partial charge in [-0.15, -0.1) is 0 Å². The van der Waals surface area contributed by atoms with E-state index in [4.69, 9.17) is 18.9 Å². The van der Waals surface area contributed by atoms with E-state index >= 15 is 0 Å². The maximum absolute atomic E-state index is 12.7. The summed E-state index contributed by atoms with van der Waals surface area (Å²) >= 11 is 0. The highest BCUT2D eigenvalue weighted by atomic mass is 16.6. The van der Waals surface area contributed by atoms with Crippen molar-refractivity contribution in [3.05, 3.63) is 120 Å². The average molecular weight is 431 g/mol. The van der Waals surface area contributed by atoms with Crippen LogP contribution in [0.5, 0.6) is 0 Å². The van der Waals surface area contributed by atoms with E-state index in [0.717, 1.165) is 11.1 Å². The van der Waals surface area contributed by atoms with E-state index in [2.05, 4.69) is 0 Å². The van der Waals surface area contributed by atoms with Crippen LogP contribution in [0.2, 0.25) is 0 Å². The summed E-state index contributed by atoms with van der Waals surface area (Å²) in [5.41, 5.74) is 2.60. The predicted molar refractivity (Wildman–Crippen MR) is 121 cm³/mol. The highest BCUT2D eigenvalue weighted by molar-refractivity contribution is 5.89. The molecule has 5 nitrogen and oxygen atoms in total. The minimum atomic E-state index is -0.592. The van der Waals surface area contributed by atoms with Gasteiger partial charge >= 0.3 is 5.97 Å². The Bertz CT molecular complexity index is 988. The minimum Gasteiger partial charge on any atom is -0.493 e. The van der Waals surface area contributed by atoms with E-state index in [1.165, 1.54) is 0 Å². The first-order valence-electron chi connectivity index (χ1n) is 10.6. The van der Waals surface area contributed by atoms with Crippen molar-refractivity contribution in [2.45, 2.75) is 31.5 Å². The standard InChI is InChI=1S/C27H26O5/c28-27(23-14-8-3-9-15-23)32-24-16-17-30-25(20-29-18-21-10-4-1-5-11-21)26(24)31-19-22-12-6-2-7-13-22/h1-17,24-26H,18-20H2/t24-,25+,26+/m0/s1. The molecule has 0 bridgehead atoms. The highest BCUT2D eigenvalue weighted by Gasteiger charge is 2.36. The number of esters is 1. The van der Waals surface area contributed by atoms with Gasteiger partial charge in [0, 0.05) is 0 Å². The second-order valence-electron chi connectivity index (χ2n) is 7.50. The average Bonchev–Trinajstić information content (AvgIpc) is 2.85. The topological polar surface area (TPSA) is 54.0 Å². The summed E-state index contributed by atoms with van der Waals surface area (Å²) in [4.78, 5) is 12.7. The molecule has 0 saturated carbocycles. The second-order valence-corrected chi connectivity index (χ2v) is 7.50. The van der Waals surface area contributed by atoms with Gasteiger partial charge in [-0.3, -0.25) is 0 Å². The van der Waals surface area contributed by atoms with E-state index in [9.17, 15) is 4.79 Å². The molecule has 4 rings (SSSR count). The van der Waals surface area contributed by atoms with Crippen LogP contribution in [0.4, 0.5) is 0 Å². The SMILES string of the molecule is O=C(O[C@H]1C=CO[C@H](COCc2ccccc2)[C@@H]1OCc1ccccc1)c1ccccc1. The Hall–Kier alpha value is -3.41. The van der Waals surface area contributed by atoms with Gasteiger partial charge in [0.25, 0.3) is 0 Å². The number of carbonyl (C=O) groups is 1. The number of benzene rings is 3. The van der Waals surface area contributed by atoms with Crippen LogP contribution < -0.4 is 0 Å². The number of rotatable bonds is 9. The fourth-order valence-electron chi connectivity index (χ4n) is 3.46. The molecule has 1 heterocycles. The van der Waals surface area contributed by atoms with Gasteiger partial charge in [0.05, 0.1) is 31.6 Å². The Labute approximate surface area is 188 Å². The molecule has 0 spiro atoms. The lowest BCUT2D eigenvalue weighted by atomic mass is 10.1. The van der Waals surface area contributed by atoms with Crippen molar-refractivity contribution in [3.63, 3.8) is 0 Å². The molecule has 3 aromatic carbocycles. The smallest absolute Gasteiger partial charge is 0.338 e. The van der Waals surface area contributed by atoms with Gasteiger partial charge in [0.15, 0.2) is 12.2 Å². The van der Waals surface area contributed by atoms with Crippen molar-refractivity contribution in [1.82, 2.24) is 0 Å². The summed E-state index contributed by atoms with van der Waals surface area (Å²) in [6.45, 7) is 1.14. The molecular formula is C27H26O5. The molecule has 32 heavy (non-hydrogen) atoms. The fraction of sp³-hybridized carbons (Fsp3) is 0.222. The van der Waals surface area contributed by atoms with Crippen LogP contribution in [-0.2, 0) is 32.2 Å². The lowest BCUT2D eigenvalue weighted by Crippen LogP contribution is -2.46. The molecule has 1 aliphatic heterocycles. The third-order valence-corrected chi connectivity index (χ3v) is 5.14. The first kappa shape index (κ1) is 21.8. The van der Waals surface area contributed by atoms with Crippen LogP contribution in [0.15, 0.2) is 103 Å². The van der Waals surface area contributed by atoms with Crippen LogP contribution in [0.3, 0.4) is 0 Å². The maximum atomic E-state index is 12.7. The van der Waals surface area contributed by atoms with E-state index in [1.54, 1.807) is 36.6 Å². The third-order valence-electron chi connectivity index (χ3n) is 5.14. The highest BCUT2D eigenvalue weighted by Crippen LogP contribution is 2.22. The molecule has 0 N–H and O–H groups in total. The summed E-state index contributed by atoms with van der Waals surface area (Å²) in [7, 11) is 0. The lowest BCUT2D eigenvalue weighted by molar-refractivity contribution is -0.132. The summed E-state index contributed by atoms with van der Waals surface area (Å²) in [5.74, 6) is -0.403. The van der Waals surface area contributed by atoms with Gasteiger partial charge in [-0.05, 0) is 29.3 Å². The number of carbonyl (C=O) groups excluding carboxylic acids is 1. The summed E-state index contributed by atoms with van der Waals surface area (Å²) in [5, 5.41) is 0. The molecule has 5 heteroatoms. The molecule has 3 atom stereocenters. The van der Waals surface area contributed by atoms with Crippen molar-refractivity contribution >= 4 is 5.97 Å². The Balaban J connectivity index is 1.43. The lowest BCUT2D eigenvalue weighted by Gasteiger charge is -2.34. The second kappa shape index (κ2) is 11.3. The monoisotopic (exact) mass is 430 g/mol. The number of hydrogen-bond acceptors (Lipinski definition) is 5. The van der Waals surface area contributed by atoms with Gasteiger partial charge < -0.3 is 18.9 Å². The molecular weight excluding hydrogens is 404 g/mol.